The second-order valence-electron chi connectivity index (χ2n) is 5.89. The van der Waals surface area contributed by atoms with Crippen molar-refractivity contribution in [2.75, 3.05) is 0 Å². The van der Waals surface area contributed by atoms with Gasteiger partial charge in [-0.3, -0.25) is 9.78 Å². The van der Waals surface area contributed by atoms with Crippen LogP contribution in [0.3, 0.4) is 0 Å². The highest BCUT2D eigenvalue weighted by atomic mass is 32.1. The predicted octanol–water partition coefficient (Wildman–Crippen LogP) is 4.38. The molecule has 0 saturated heterocycles. The van der Waals surface area contributed by atoms with Crippen molar-refractivity contribution in [3.05, 3.63) is 57.4 Å². The van der Waals surface area contributed by atoms with E-state index in [-0.39, 0.29) is 5.91 Å². The molecule has 0 N–H and O–H groups in total. The maximum Gasteiger partial charge on any atom is 0.266 e. The van der Waals surface area contributed by atoms with E-state index in [1.807, 2.05) is 36.1 Å². The molecule has 0 spiro atoms. The van der Waals surface area contributed by atoms with Crippen molar-refractivity contribution in [3.8, 4) is 10.7 Å². The third kappa shape index (κ3) is 3.12. The summed E-state index contributed by atoms with van der Waals surface area (Å²) in [7, 11) is 0. The van der Waals surface area contributed by atoms with Crippen molar-refractivity contribution in [3.63, 3.8) is 0 Å². The lowest BCUT2D eigenvalue weighted by atomic mass is 10.3. The minimum absolute atomic E-state index is 0.100. The van der Waals surface area contributed by atoms with E-state index in [1.54, 1.807) is 17.5 Å². The molecule has 4 nitrogen and oxygen atoms in total. The van der Waals surface area contributed by atoms with E-state index < -0.39 is 0 Å². The fourth-order valence-corrected chi connectivity index (χ4v) is 4.35. The van der Waals surface area contributed by atoms with Crippen molar-refractivity contribution < 1.29 is 4.79 Å². The summed E-state index contributed by atoms with van der Waals surface area (Å²) in [5, 5.41) is 2.87. The number of carbonyl (C=O) groups is 1. The van der Waals surface area contributed by atoms with Gasteiger partial charge in [0.2, 0.25) is 0 Å². The van der Waals surface area contributed by atoms with Gasteiger partial charge in [-0.2, -0.15) is 0 Å². The van der Waals surface area contributed by atoms with Gasteiger partial charge in [0.15, 0.2) is 0 Å². The summed E-state index contributed by atoms with van der Waals surface area (Å²) in [6.45, 7) is 2.60. The Morgan fingerprint density at radius 3 is 2.83 bits per heavy atom. The Hall–Kier alpha value is -2.05. The Labute approximate surface area is 148 Å². The molecule has 6 heteroatoms. The van der Waals surface area contributed by atoms with Gasteiger partial charge in [0.1, 0.15) is 9.88 Å². The molecule has 1 amide bonds. The summed E-state index contributed by atoms with van der Waals surface area (Å²) in [6, 6.07) is 10.2. The maximum absolute atomic E-state index is 13.1. The first-order valence-corrected chi connectivity index (χ1v) is 9.64. The van der Waals surface area contributed by atoms with Gasteiger partial charge in [-0.05, 0) is 43.3 Å². The smallest absolute Gasteiger partial charge is 0.266 e. The molecule has 3 heterocycles. The van der Waals surface area contributed by atoms with Crippen LogP contribution in [0, 0.1) is 6.92 Å². The van der Waals surface area contributed by atoms with E-state index in [4.69, 9.17) is 0 Å². The Bertz CT molecular complexity index is 839. The van der Waals surface area contributed by atoms with E-state index in [0.717, 1.165) is 34.1 Å². The molecule has 0 bridgehead atoms. The van der Waals surface area contributed by atoms with Crippen LogP contribution in [0.4, 0.5) is 0 Å². The number of hydrogen-bond donors (Lipinski definition) is 0. The fourth-order valence-electron chi connectivity index (χ4n) is 2.65. The van der Waals surface area contributed by atoms with Crippen molar-refractivity contribution in [2.45, 2.75) is 32.4 Å². The molecule has 3 aromatic heterocycles. The third-order valence-corrected chi connectivity index (χ3v) is 6.06. The first-order valence-electron chi connectivity index (χ1n) is 7.94. The normalized spacial score (nSPS) is 13.9. The summed E-state index contributed by atoms with van der Waals surface area (Å²) < 4.78 is 0. The average Bonchev–Trinajstić information content (AvgIpc) is 3.17. The monoisotopic (exact) mass is 355 g/mol. The number of thiazole rings is 1. The highest BCUT2D eigenvalue weighted by molar-refractivity contribution is 7.17. The van der Waals surface area contributed by atoms with Crippen LogP contribution >= 0.6 is 22.7 Å². The number of hydrogen-bond acceptors (Lipinski definition) is 5. The third-order valence-electron chi connectivity index (χ3n) is 4.03. The molecule has 3 aromatic rings. The van der Waals surface area contributed by atoms with Gasteiger partial charge in [-0.25, -0.2) is 4.98 Å². The van der Waals surface area contributed by atoms with Gasteiger partial charge < -0.3 is 4.90 Å². The molecule has 0 aromatic carbocycles. The number of carbonyl (C=O) groups excluding carboxylic acids is 1. The first kappa shape index (κ1) is 15.5. The molecule has 1 aliphatic carbocycles. The number of aryl methyl sites for hydroxylation is 1. The number of thiophene rings is 1. The van der Waals surface area contributed by atoms with Crippen LogP contribution in [0.5, 0.6) is 0 Å². The van der Waals surface area contributed by atoms with E-state index in [9.17, 15) is 4.79 Å². The molecule has 0 atom stereocenters. The van der Waals surface area contributed by atoms with Crippen molar-refractivity contribution in [1.29, 1.82) is 0 Å². The van der Waals surface area contributed by atoms with Crippen LogP contribution in [0.25, 0.3) is 10.7 Å². The number of aromatic nitrogens is 2. The van der Waals surface area contributed by atoms with Crippen LogP contribution in [-0.2, 0) is 6.54 Å². The lowest BCUT2D eigenvalue weighted by molar-refractivity contribution is 0.0735. The van der Waals surface area contributed by atoms with E-state index in [0.29, 0.717) is 12.6 Å². The Balaban J connectivity index is 1.62. The van der Waals surface area contributed by atoms with Gasteiger partial charge in [0.05, 0.1) is 17.9 Å². The van der Waals surface area contributed by atoms with Crippen LogP contribution in [0.2, 0.25) is 0 Å². The molecule has 1 fully saturated rings. The van der Waals surface area contributed by atoms with Gasteiger partial charge >= 0.3 is 0 Å². The summed E-state index contributed by atoms with van der Waals surface area (Å²) in [5.41, 5.74) is 1.61. The predicted molar refractivity (Wildman–Crippen MR) is 97.3 cm³/mol. The minimum Gasteiger partial charge on any atom is -0.330 e. The Morgan fingerprint density at radius 1 is 1.29 bits per heavy atom. The molecule has 1 aliphatic rings. The molecule has 4 rings (SSSR count). The number of amides is 1. The van der Waals surface area contributed by atoms with Gasteiger partial charge in [0, 0.05) is 17.1 Å². The topological polar surface area (TPSA) is 46.1 Å². The molecular formula is C18H17N3OS2. The fraction of sp³-hybridized carbons (Fsp3) is 0.278. The van der Waals surface area contributed by atoms with Crippen molar-refractivity contribution in [1.82, 2.24) is 14.9 Å². The van der Waals surface area contributed by atoms with E-state index in [2.05, 4.69) is 21.4 Å². The summed E-state index contributed by atoms with van der Waals surface area (Å²) in [6.07, 6.45) is 3.95. The van der Waals surface area contributed by atoms with Crippen molar-refractivity contribution in [2.24, 2.45) is 0 Å². The quantitative estimate of drug-likeness (QED) is 0.682. The number of pyridine rings is 1. The molecule has 24 heavy (non-hydrogen) atoms. The Morgan fingerprint density at radius 2 is 2.17 bits per heavy atom. The highest BCUT2D eigenvalue weighted by Gasteiger charge is 2.34. The second-order valence-corrected chi connectivity index (χ2v) is 7.92. The van der Waals surface area contributed by atoms with Crippen LogP contribution in [0.15, 0.2) is 41.9 Å². The molecule has 1 saturated carbocycles. The maximum atomic E-state index is 13.1. The molecular weight excluding hydrogens is 338 g/mol. The SMILES string of the molecule is Cc1nc(-c2ccccn2)sc1C(=O)N(Cc1cccs1)C1CC1. The van der Waals surface area contributed by atoms with Gasteiger partial charge in [-0.15, -0.1) is 22.7 Å². The zero-order chi connectivity index (χ0) is 16.5. The van der Waals surface area contributed by atoms with Gasteiger partial charge in [0.25, 0.3) is 5.91 Å². The molecule has 122 valence electrons. The van der Waals surface area contributed by atoms with E-state index >= 15 is 0 Å². The molecule has 0 aliphatic heterocycles. The van der Waals surface area contributed by atoms with Crippen molar-refractivity contribution >= 4 is 28.6 Å². The second kappa shape index (κ2) is 6.45. The van der Waals surface area contributed by atoms with Gasteiger partial charge in [-0.1, -0.05) is 12.1 Å². The summed E-state index contributed by atoms with van der Waals surface area (Å²) >= 11 is 3.14. The number of nitrogens with zero attached hydrogens (tertiary/aromatic N) is 3. The van der Waals surface area contributed by atoms with Crippen LogP contribution in [0.1, 0.15) is 33.1 Å². The zero-order valence-electron chi connectivity index (χ0n) is 13.3. The lowest BCUT2D eigenvalue weighted by Crippen LogP contribution is -2.32. The molecule has 0 radical (unpaired) electrons. The highest BCUT2D eigenvalue weighted by Crippen LogP contribution is 2.34. The Kier molecular flexibility index (Phi) is 4.16. The largest absolute Gasteiger partial charge is 0.330 e. The van der Waals surface area contributed by atoms with Crippen LogP contribution < -0.4 is 0 Å². The zero-order valence-corrected chi connectivity index (χ0v) is 14.9. The minimum atomic E-state index is 0.100. The summed E-state index contributed by atoms with van der Waals surface area (Å²) in [5.74, 6) is 0.100. The lowest BCUT2D eigenvalue weighted by Gasteiger charge is -2.21. The number of rotatable bonds is 5. The average molecular weight is 355 g/mol. The van der Waals surface area contributed by atoms with E-state index in [1.165, 1.54) is 16.2 Å². The van der Waals surface area contributed by atoms with Crippen LogP contribution in [-0.4, -0.2) is 26.8 Å². The first-order chi connectivity index (χ1) is 11.7. The summed E-state index contributed by atoms with van der Waals surface area (Å²) in [4.78, 5) is 26.0. The molecule has 0 unspecified atom stereocenters. The standard InChI is InChI=1S/C18H17N3OS2/c1-12-16(24-17(20-12)15-6-2-3-9-19-15)18(22)21(13-7-8-13)11-14-5-4-10-23-14/h2-6,9-10,13H,7-8,11H2,1H3.